The molecule has 2 heterocycles. The zero-order chi connectivity index (χ0) is 21.3. The summed E-state index contributed by atoms with van der Waals surface area (Å²) in [7, 11) is 0. The van der Waals surface area contributed by atoms with Crippen molar-refractivity contribution in [1.29, 1.82) is 0 Å². The van der Waals surface area contributed by atoms with Crippen LogP contribution in [0.2, 0.25) is 0 Å². The van der Waals surface area contributed by atoms with Gasteiger partial charge in [-0.15, -0.1) is 0 Å². The zero-order valence-corrected chi connectivity index (χ0v) is 16.7. The number of hydrogen-bond donors (Lipinski definition) is 3. The number of nitrogens with one attached hydrogen (secondary N) is 3. The predicted molar refractivity (Wildman–Crippen MR) is 111 cm³/mol. The fraction of sp³-hybridized carbons (Fsp3) is 0.350. The number of carbonyl (C=O) groups is 3. The van der Waals surface area contributed by atoms with Crippen molar-refractivity contribution >= 4 is 29.4 Å². The van der Waals surface area contributed by atoms with E-state index >= 15 is 0 Å². The van der Waals surface area contributed by atoms with Gasteiger partial charge in [0.1, 0.15) is 11.6 Å². The summed E-state index contributed by atoms with van der Waals surface area (Å²) in [6.07, 6.45) is 0. The number of anilines is 2. The second-order valence-electron chi connectivity index (χ2n) is 6.60. The molecule has 3 N–H and O–H groups in total. The maximum atomic E-state index is 12.4. The van der Waals surface area contributed by atoms with Crippen LogP contribution < -0.4 is 16.0 Å². The Bertz CT molecular complexity index is 899. The third-order valence-corrected chi connectivity index (χ3v) is 4.30. The van der Waals surface area contributed by atoms with Gasteiger partial charge >= 0.3 is 11.8 Å². The van der Waals surface area contributed by atoms with Gasteiger partial charge in [0, 0.05) is 44.7 Å². The Kier molecular flexibility index (Phi) is 7.28. The molecular weight excluding hydrogens is 388 g/mol. The molecular formula is C20H24N6O4. The molecule has 0 spiro atoms. The van der Waals surface area contributed by atoms with Crippen LogP contribution in [0.15, 0.2) is 36.4 Å². The van der Waals surface area contributed by atoms with Crippen molar-refractivity contribution in [2.75, 3.05) is 50.0 Å². The van der Waals surface area contributed by atoms with Crippen LogP contribution in [-0.2, 0) is 19.1 Å². The Morgan fingerprint density at radius 2 is 1.73 bits per heavy atom. The largest absolute Gasteiger partial charge is 0.378 e. The number of rotatable bonds is 6. The molecule has 1 aliphatic rings. The molecule has 1 aromatic carbocycles. The lowest BCUT2D eigenvalue weighted by atomic mass is 10.2. The maximum absolute atomic E-state index is 12.4. The molecule has 0 radical (unpaired) electrons. The molecule has 1 aromatic heterocycles. The SMILES string of the molecule is CC(=O)NCCNc1cc(NC(=O)C(=O)N2CCOCC2)nc(-c2ccccc2)n1. The molecule has 1 fully saturated rings. The lowest BCUT2D eigenvalue weighted by Crippen LogP contribution is -2.45. The van der Waals surface area contributed by atoms with Crippen molar-refractivity contribution in [3.8, 4) is 11.4 Å². The summed E-state index contributed by atoms with van der Waals surface area (Å²) in [4.78, 5) is 46.1. The third-order valence-electron chi connectivity index (χ3n) is 4.30. The summed E-state index contributed by atoms with van der Waals surface area (Å²) in [5.41, 5.74) is 0.762. The average Bonchev–Trinajstić information content (AvgIpc) is 2.77. The Hall–Kier alpha value is -3.53. The highest BCUT2D eigenvalue weighted by Crippen LogP contribution is 2.20. The number of nitrogens with zero attached hydrogens (tertiary/aromatic N) is 3. The van der Waals surface area contributed by atoms with Crippen LogP contribution in [-0.4, -0.2) is 72.0 Å². The molecule has 30 heavy (non-hydrogen) atoms. The van der Waals surface area contributed by atoms with E-state index in [4.69, 9.17) is 4.74 Å². The molecule has 1 saturated heterocycles. The van der Waals surface area contributed by atoms with Gasteiger partial charge in [-0.05, 0) is 0 Å². The molecule has 3 amide bonds. The molecule has 0 atom stereocenters. The topological polar surface area (TPSA) is 126 Å². The van der Waals surface area contributed by atoms with Gasteiger partial charge in [0.2, 0.25) is 5.91 Å². The highest BCUT2D eigenvalue weighted by Gasteiger charge is 2.24. The van der Waals surface area contributed by atoms with Crippen LogP contribution in [0.5, 0.6) is 0 Å². The van der Waals surface area contributed by atoms with Gasteiger partial charge in [0.05, 0.1) is 13.2 Å². The molecule has 1 aliphatic heterocycles. The smallest absolute Gasteiger partial charge is 0.315 e. The number of carbonyl (C=O) groups excluding carboxylic acids is 3. The molecule has 10 heteroatoms. The fourth-order valence-electron chi connectivity index (χ4n) is 2.83. The lowest BCUT2D eigenvalue weighted by molar-refractivity contribution is -0.145. The highest BCUT2D eigenvalue weighted by atomic mass is 16.5. The van der Waals surface area contributed by atoms with Crippen LogP contribution in [0.4, 0.5) is 11.6 Å². The van der Waals surface area contributed by atoms with E-state index in [-0.39, 0.29) is 11.7 Å². The normalized spacial score (nSPS) is 13.4. The second-order valence-corrected chi connectivity index (χ2v) is 6.60. The van der Waals surface area contributed by atoms with Crippen LogP contribution in [0.25, 0.3) is 11.4 Å². The van der Waals surface area contributed by atoms with E-state index < -0.39 is 11.8 Å². The van der Waals surface area contributed by atoms with Crippen LogP contribution in [0.3, 0.4) is 0 Å². The number of aromatic nitrogens is 2. The molecule has 3 rings (SSSR count). The Morgan fingerprint density at radius 3 is 2.43 bits per heavy atom. The summed E-state index contributed by atoms with van der Waals surface area (Å²) >= 11 is 0. The summed E-state index contributed by atoms with van der Waals surface area (Å²) in [6.45, 7) is 3.86. The third kappa shape index (κ3) is 5.98. The van der Waals surface area contributed by atoms with Crippen molar-refractivity contribution in [2.45, 2.75) is 6.92 Å². The fourth-order valence-corrected chi connectivity index (χ4v) is 2.83. The van der Waals surface area contributed by atoms with Crippen molar-refractivity contribution in [1.82, 2.24) is 20.2 Å². The Balaban J connectivity index is 1.76. The van der Waals surface area contributed by atoms with Crippen LogP contribution >= 0.6 is 0 Å². The molecule has 10 nitrogen and oxygen atoms in total. The molecule has 0 aliphatic carbocycles. The predicted octanol–water partition coefficient (Wildman–Crippen LogP) is 0.489. The highest BCUT2D eigenvalue weighted by molar-refractivity contribution is 6.39. The van der Waals surface area contributed by atoms with Gasteiger partial charge in [0.15, 0.2) is 5.82 Å². The van der Waals surface area contributed by atoms with Gasteiger partial charge < -0.3 is 25.6 Å². The molecule has 2 aromatic rings. The van der Waals surface area contributed by atoms with Gasteiger partial charge in [0.25, 0.3) is 0 Å². The van der Waals surface area contributed by atoms with Gasteiger partial charge in [-0.2, -0.15) is 0 Å². The second kappa shape index (κ2) is 10.3. The van der Waals surface area contributed by atoms with Crippen molar-refractivity contribution < 1.29 is 19.1 Å². The monoisotopic (exact) mass is 412 g/mol. The van der Waals surface area contributed by atoms with Crippen molar-refractivity contribution in [2.24, 2.45) is 0 Å². The van der Waals surface area contributed by atoms with Gasteiger partial charge in [-0.3, -0.25) is 14.4 Å². The summed E-state index contributed by atoms with van der Waals surface area (Å²) < 4.78 is 5.21. The minimum absolute atomic E-state index is 0.126. The van der Waals surface area contributed by atoms with E-state index in [1.165, 1.54) is 11.8 Å². The van der Waals surface area contributed by atoms with E-state index in [0.717, 1.165) is 5.56 Å². The molecule has 0 saturated carbocycles. The van der Waals surface area contributed by atoms with E-state index in [2.05, 4.69) is 25.9 Å². The first-order valence-electron chi connectivity index (χ1n) is 9.64. The average molecular weight is 412 g/mol. The first-order valence-corrected chi connectivity index (χ1v) is 9.64. The van der Waals surface area contributed by atoms with E-state index in [1.54, 1.807) is 6.07 Å². The number of benzene rings is 1. The maximum Gasteiger partial charge on any atom is 0.315 e. The summed E-state index contributed by atoms with van der Waals surface area (Å²) in [5.74, 6) is -0.453. The van der Waals surface area contributed by atoms with E-state index in [0.29, 0.717) is 51.0 Å². The molecule has 158 valence electrons. The number of morpholine rings is 1. The van der Waals surface area contributed by atoms with E-state index in [1.807, 2.05) is 30.3 Å². The number of ether oxygens (including phenoxy) is 1. The van der Waals surface area contributed by atoms with Crippen LogP contribution in [0, 0.1) is 0 Å². The van der Waals surface area contributed by atoms with Crippen LogP contribution in [0.1, 0.15) is 6.92 Å². The molecule has 0 bridgehead atoms. The number of hydrogen-bond acceptors (Lipinski definition) is 7. The summed E-state index contributed by atoms with van der Waals surface area (Å²) in [6, 6.07) is 10.8. The Morgan fingerprint density at radius 1 is 1.03 bits per heavy atom. The Labute approximate surface area is 174 Å². The number of amides is 3. The van der Waals surface area contributed by atoms with Gasteiger partial charge in [-0.1, -0.05) is 30.3 Å². The first-order chi connectivity index (χ1) is 14.5. The quantitative estimate of drug-likeness (QED) is 0.466. The minimum Gasteiger partial charge on any atom is -0.378 e. The first kappa shape index (κ1) is 21.2. The standard InChI is InChI=1S/C20H24N6O4/c1-14(27)21-7-8-22-16-13-17(24-18(23-16)15-5-3-2-4-6-15)25-19(28)20(29)26-9-11-30-12-10-26/h2-6,13H,7-12H2,1H3,(H,21,27)(H2,22,23,24,25,28). The lowest BCUT2D eigenvalue weighted by Gasteiger charge is -2.26. The van der Waals surface area contributed by atoms with Gasteiger partial charge in [-0.25, -0.2) is 9.97 Å². The minimum atomic E-state index is -0.765. The van der Waals surface area contributed by atoms with E-state index in [9.17, 15) is 14.4 Å². The molecule has 0 unspecified atom stereocenters. The van der Waals surface area contributed by atoms with Crippen molar-refractivity contribution in [3.05, 3.63) is 36.4 Å². The summed E-state index contributed by atoms with van der Waals surface area (Å²) in [5, 5.41) is 8.34. The van der Waals surface area contributed by atoms with Crippen molar-refractivity contribution in [3.63, 3.8) is 0 Å². The zero-order valence-electron chi connectivity index (χ0n) is 16.7.